The van der Waals surface area contributed by atoms with Crippen molar-refractivity contribution in [3.63, 3.8) is 0 Å². The van der Waals surface area contributed by atoms with Gasteiger partial charge in [0, 0.05) is 0 Å². The highest BCUT2D eigenvalue weighted by atomic mass is 32.2. The summed E-state index contributed by atoms with van der Waals surface area (Å²) >= 11 is 1.40. The van der Waals surface area contributed by atoms with Crippen LogP contribution in [-0.2, 0) is 14.8 Å². The molecule has 1 atom stereocenters. The highest BCUT2D eigenvalue weighted by Crippen LogP contribution is 2.21. The summed E-state index contributed by atoms with van der Waals surface area (Å²) in [6.45, 7) is 0. The first-order valence-electron chi connectivity index (χ1n) is 5.89. The van der Waals surface area contributed by atoms with Gasteiger partial charge in [-0.05, 0) is 36.6 Å². The van der Waals surface area contributed by atoms with Crippen LogP contribution < -0.4 is 9.46 Å². The number of sulfonamides is 1. The summed E-state index contributed by atoms with van der Waals surface area (Å²) in [6.07, 6.45) is 1.92. The van der Waals surface area contributed by atoms with Gasteiger partial charge in [0.05, 0.1) is 12.0 Å². The molecule has 0 saturated heterocycles. The normalized spacial score (nSPS) is 12.9. The Bertz CT molecular complexity index is 606. The molecule has 0 aliphatic carbocycles. The Morgan fingerprint density at radius 3 is 2.67 bits per heavy atom. The molecule has 118 valence electrons. The third-order valence-electron chi connectivity index (χ3n) is 2.64. The molecule has 9 heteroatoms. The molecule has 1 aromatic carbocycles. The van der Waals surface area contributed by atoms with Crippen molar-refractivity contribution in [1.82, 2.24) is 4.72 Å². The van der Waals surface area contributed by atoms with E-state index in [1.165, 1.54) is 24.9 Å². The Hall–Kier alpha value is -1.32. The number of aliphatic carboxylic acids is 1. The van der Waals surface area contributed by atoms with Gasteiger partial charge in [0.15, 0.2) is 11.6 Å². The van der Waals surface area contributed by atoms with Crippen LogP contribution in [0.25, 0.3) is 0 Å². The Morgan fingerprint density at radius 1 is 1.52 bits per heavy atom. The van der Waals surface area contributed by atoms with Crippen LogP contribution in [0, 0.1) is 5.82 Å². The molecule has 0 bridgehead atoms. The maximum absolute atomic E-state index is 13.5. The summed E-state index contributed by atoms with van der Waals surface area (Å²) < 4.78 is 44.4. The molecule has 21 heavy (non-hydrogen) atoms. The topological polar surface area (TPSA) is 92.7 Å². The molecule has 1 rings (SSSR count). The number of benzene rings is 1. The van der Waals surface area contributed by atoms with E-state index in [0.29, 0.717) is 5.75 Å². The average Bonchev–Trinajstić information content (AvgIpc) is 2.43. The molecule has 1 aromatic rings. The number of carboxylic acids is 1. The fraction of sp³-hybridized carbons (Fsp3) is 0.417. The number of halogens is 1. The van der Waals surface area contributed by atoms with Crippen molar-refractivity contribution in [2.75, 3.05) is 19.1 Å². The van der Waals surface area contributed by atoms with Gasteiger partial charge in [0.1, 0.15) is 6.04 Å². The number of thioether (sulfide) groups is 1. The molecule has 0 unspecified atom stereocenters. The molecular weight excluding hydrogens is 321 g/mol. The van der Waals surface area contributed by atoms with Crippen molar-refractivity contribution in [2.24, 2.45) is 0 Å². The number of carboxylic acid groups (broad SMARTS) is 1. The summed E-state index contributed by atoms with van der Waals surface area (Å²) in [5.74, 6) is -1.72. The fourth-order valence-corrected chi connectivity index (χ4v) is 3.24. The first kappa shape index (κ1) is 17.7. The predicted octanol–water partition coefficient (Wildman–Crippen LogP) is 1.32. The number of nitrogens with one attached hydrogen (secondary N) is 1. The van der Waals surface area contributed by atoms with Crippen LogP contribution in [0.5, 0.6) is 5.75 Å². The average molecular weight is 337 g/mol. The predicted molar refractivity (Wildman–Crippen MR) is 77.7 cm³/mol. The van der Waals surface area contributed by atoms with Gasteiger partial charge < -0.3 is 9.84 Å². The van der Waals surface area contributed by atoms with Crippen molar-refractivity contribution in [1.29, 1.82) is 0 Å². The van der Waals surface area contributed by atoms with E-state index in [1.807, 2.05) is 0 Å². The van der Waals surface area contributed by atoms with Gasteiger partial charge >= 0.3 is 5.97 Å². The second-order valence-corrected chi connectivity index (χ2v) is 6.79. The lowest BCUT2D eigenvalue weighted by atomic mass is 10.2. The number of carbonyl (C=O) groups is 1. The van der Waals surface area contributed by atoms with Crippen molar-refractivity contribution in [3.8, 4) is 5.75 Å². The maximum Gasteiger partial charge on any atom is 0.321 e. The standard InChI is InChI=1S/C12H16FNO5S2/c1-19-11-4-3-8(7-9(11)13)21(17,18)14-10(12(15)16)5-6-20-2/h3-4,7,10,14H,5-6H2,1-2H3,(H,15,16)/t10-/m1/s1. The molecule has 0 aliphatic rings. The van der Waals surface area contributed by atoms with Gasteiger partial charge in [-0.3, -0.25) is 4.79 Å². The lowest BCUT2D eigenvalue weighted by molar-refractivity contribution is -0.139. The van der Waals surface area contributed by atoms with Crippen molar-refractivity contribution < 1.29 is 27.4 Å². The largest absolute Gasteiger partial charge is 0.494 e. The molecule has 0 aromatic heterocycles. The van der Waals surface area contributed by atoms with E-state index >= 15 is 0 Å². The van der Waals surface area contributed by atoms with E-state index in [1.54, 1.807) is 6.26 Å². The lowest BCUT2D eigenvalue weighted by Gasteiger charge is -2.14. The summed E-state index contributed by atoms with van der Waals surface area (Å²) in [5.41, 5.74) is 0. The Balaban J connectivity index is 2.99. The summed E-state index contributed by atoms with van der Waals surface area (Å²) in [6, 6.07) is 1.85. The van der Waals surface area contributed by atoms with Crippen molar-refractivity contribution >= 4 is 27.8 Å². The molecule has 0 fully saturated rings. The molecule has 0 amide bonds. The van der Waals surface area contributed by atoms with Crippen LogP contribution in [-0.4, -0.2) is 44.7 Å². The third-order valence-corrected chi connectivity index (χ3v) is 4.75. The highest BCUT2D eigenvalue weighted by molar-refractivity contribution is 7.98. The van der Waals surface area contributed by atoms with E-state index in [0.717, 1.165) is 12.1 Å². The van der Waals surface area contributed by atoms with Crippen molar-refractivity contribution in [2.45, 2.75) is 17.4 Å². The Morgan fingerprint density at radius 2 is 2.19 bits per heavy atom. The van der Waals surface area contributed by atoms with E-state index < -0.39 is 27.9 Å². The molecule has 0 aliphatic heterocycles. The van der Waals surface area contributed by atoms with E-state index in [9.17, 15) is 17.6 Å². The van der Waals surface area contributed by atoms with Gasteiger partial charge in [0.25, 0.3) is 0 Å². The number of hydrogen-bond acceptors (Lipinski definition) is 5. The Labute approximate surface area is 126 Å². The quantitative estimate of drug-likeness (QED) is 0.743. The molecule has 0 radical (unpaired) electrons. The second-order valence-electron chi connectivity index (χ2n) is 4.09. The summed E-state index contributed by atoms with van der Waals surface area (Å²) in [7, 11) is -2.86. The van der Waals surface area contributed by atoms with Crippen LogP contribution in [0.4, 0.5) is 4.39 Å². The minimum Gasteiger partial charge on any atom is -0.494 e. The van der Waals surface area contributed by atoms with Gasteiger partial charge in [-0.2, -0.15) is 16.5 Å². The minimum absolute atomic E-state index is 0.0916. The van der Waals surface area contributed by atoms with Gasteiger partial charge in [0.2, 0.25) is 10.0 Å². The Kier molecular flexibility index (Phi) is 6.43. The van der Waals surface area contributed by atoms with Gasteiger partial charge in [-0.25, -0.2) is 12.8 Å². The first-order valence-corrected chi connectivity index (χ1v) is 8.77. The van der Waals surface area contributed by atoms with E-state index in [-0.39, 0.29) is 17.1 Å². The van der Waals surface area contributed by atoms with Gasteiger partial charge in [-0.1, -0.05) is 0 Å². The number of methoxy groups -OCH3 is 1. The van der Waals surface area contributed by atoms with Crippen LogP contribution in [0.3, 0.4) is 0 Å². The van der Waals surface area contributed by atoms with Crippen LogP contribution in [0.1, 0.15) is 6.42 Å². The maximum atomic E-state index is 13.5. The number of ether oxygens (including phenoxy) is 1. The second kappa shape index (κ2) is 7.62. The van der Waals surface area contributed by atoms with Crippen molar-refractivity contribution in [3.05, 3.63) is 24.0 Å². The minimum atomic E-state index is -4.12. The number of hydrogen-bond donors (Lipinski definition) is 2. The highest BCUT2D eigenvalue weighted by Gasteiger charge is 2.25. The molecule has 6 nitrogen and oxygen atoms in total. The van der Waals surface area contributed by atoms with Gasteiger partial charge in [-0.15, -0.1) is 0 Å². The molecule has 2 N–H and O–H groups in total. The zero-order valence-electron chi connectivity index (χ0n) is 11.5. The molecule has 0 heterocycles. The monoisotopic (exact) mass is 337 g/mol. The number of rotatable bonds is 8. The smallest absolute Gasteiger partial charge is 0.321 e. The molecule has 0 spiro atoms. The van der Waals surface area contributed by atoms with E-state index in [2.05, 4.69) is 4.72 Å². The molecular formula is C12H16FNO5S2. The SMILES string of the molecule is COc1ccc(S(=O)(=O)N[C@H](CCSC)C(=O)O)cc1F. The van der Waals surface area contributed by atoms with Crippen LogP contribution in [0.15, 0.2) is 23.1 Å². The summed E-state index contributed by atoms with van der Waals surface area (Å²) in [5, 5.41) is 9.02. The summed E-state index contributed by atoms with van der Waals surface area (Å²) in [4.78, 5) is 10.7. The fourth-order valence-electron chi connectivity index (χ4n) is 1.54. The zero-order chi connectivity index (χ0) is 16.0. The van der Waals surface area contributed by atoms with Crippen LogP contribution >= 0.6 is 11.8 Å². The first-order chi connectivity index (χ1) is 9.81. The third kappa shape index (κ3) is 4.87. The van der Waals surface area contributed by atoms with Crippen LogP contribution in [0.2, 0.25) is 0 Å². The van der Waals surface area contributed by atoms with E-state index in [4.69, 9.17) is 9.84 Å². The zero-order valence-corrected chi connectivity index (χ0v) is 13.1. The lowest BCUT2D eigenvalue weighted by Crippen LogP contribution is -2.41. The molecule has 0 saturated carbocycles.